The summed E-state index contributed by atoms with van der Waals surface area (Å²) in [5.41, 5.74) is 0.926. The molecular weight excluding hydrogens is 368 g/mol. The third-order valence-electron chi connectivity index (χ3n) is 4.27. The van der Waals surface area contributed by atoms with Crippen molar-refractivity contribution in [2.45, 2.75) is 24.8 Å². The number of sulfonamides is 1. The molecule has 2 amide bonds. The van der Waals surface area contributed by atoms with Gasteiger partial charge in [-0.1, -0.05) is 24.3 Å². The smallest absolute Gasteiger partial charge is 0.269 e. The number of carbonyl (C=O) groups is 2. The topological polar surface area (TPSA) is 92.8 Å². The van der Waals surface area contributed by atoms with Crippen LogP contribution < -0.4 is 10.1 Å². The van der Waals surface area contributed by atoms with Crippen molar-refractivity contribution in [2.75, 3.05) is 13.2 Å². The van der Waals surface area contributed by atoms with Crippen LogP contribution in [0.5, 0.6) is 5.75 Å². The molecule has 0 saturated carbocycles. The maximum absolute atomic E-state index is 12.5. The molecule has 0 aromatic heterocycles. The monoisotopic (exact) mass is 388 g/mol. The molecule has 1 aliphatic rings. The van der Waals surface area contributed by atoms with E-state index < -0.39 is 28.4 Å². The summed E-state index contributed by atoms with van der Waals surface area (Å²) in [6.07, 6.45) is 0. The van der Waals surface area contributed by atoms with Crippen LogP contribution in [0.25, 0.3) is 0 Å². The molecule has 1 N–H and O–H groups in total. The standard InChI is InChI=1S/C19H20N2O5S/c1-3-26-15-10-8-14(9-11-15)13(2)20-18(22)12-21-19(23)16-6-4-5-7-17(16)27(21,24)25/h4-11,13H,3,12H2,1-2H3,(H,20,22)/t13-/m1/s1. The van der Waals surface area contributed by atoms with Gasteiger partial charge in [0, 0.05) is 0 Å². The first-order valence-corrected chi connectivity index (χ1v) is 9.97. The van der Waals surface area contributed by atoms with Gasteiger partial charge in [0.05, 0.1) is 18.2 Å². The van der Waals surface area contributed by atoms with E-state index in [4.69, 9.17) is 4.74 Å². The molecule has 0 aliphatic carbocycles. The minimum absolute atomic E-state index is 0.0673. The lowest BCUT2D eigenvalue weighted by atomic mass is 10.1. The molecule has 27 heavy (non-hydrogen) atoms. The number of benzene rings is 2. The molecule has 1 atom stereocenters. The Kier molecular flexibility index (Phi) is 5.18. The van der Waals surface area contributed by atoms with Crippen molar-refractivity contribution in [1.29, 1.82) is 0 Å². The molecule has 2 aromatic rings. The van der Waals surface area contributed by atoms with Crippen LogP contribution in [0.2, 0.25) is 0 Å². The molecule has 3 rings (SSSR count). The normalized spacial score (nSPS) is 15.9. The molecule has 0 radical (unpaired) electrons. The highest BCUT2D eigenvalue weighted by atomic mass is 32.2. The van der Waals surface area contributed by atoms with Crippen molar-refractivity contribution in [3.63, 3.8) is 0 Å². The van der Waals surface area contributed by atoms with Crippen molar-refractivity contribution < 1.29 is 22.7 Å². The summed E-state index contributed by atoms with van der Waals surface area (Å²) in [5.74, 6) is -0.512. The van der Waals surface area contributed by atoms with E-state index in [1.54, 1.807) is 31.2 Å². The van der Waals surface area contributed by atoms with Crippen LogP contribution in [0.15, 0.2) is 53.4 Å². The van der Waals surface area contributed by atoms with Gasteiger partial charge >= 0.3 is 0 Å². The van der Waals surface area contributed by atoms with Gasteiger partial charge in [0.2, 0.25) is 5.91 Å². The largest absolute Gasteiger partial charge is 0.494 e. The van der Waals surface area contributed by atoms with Gasteiger partial charge in [-0.25, -0.2) is 12.7 Å². The quantitative estimate of drug-likeness (QED) is 0.818. The number of amides is 2. The van der Waals surface area contributed by atoms with E-state index in [1.165, 1.54) is 12.1 Å². The fourth-order valence-electron chi connectivity index (χ4n) is 2.91. The second kappa shape index (κ2) is 7.40. The van der Waals surface area contributed by atoms with Gasteiger partial charge in [-0.3, -0.25) is 9.59 Å². The fraction of sp³-hybridized carbons (Fsp3) is 0.263. The molecule has 8 heteroatoms. The molecule has 0 unspecified atom stereocenters. The first-order valence-electron chi connectivity index (χ1n) is 8.52. The lowest BCUT2D eigenvalue weighted by molar-refractivity contribution is -0.121. The summed E-state index contributed by atoms with van der Waals surface area (Å²) < 4.78 is 31.0. The zero-order chi connectivity index (χ0) is 19.6. The zero-order valence-electron chi connectivity index (χ0n) is 15.0. The van der Waals surface area contributed by atoms with Crippen LogP contribution in [0, 0.1) is 0 Å². The van der Waals surface area contributed by atoms with E-state index in [2.05, 4.69) is 5.32 Å². The molecule has 0 bridgehead atoms. The lowest BCUT2D eigenvalue weighted by Crippen LogP contribution is -2.41. The van der Waals surface area contributed by atoms with Crippen LogP contribution in [0.4, 0.5) is 0 Å². The fourth-order valence-corrected chi connectivity index (χ4v) is 4.43. The van der Waals surface area contributed by atoms with Crippen molar-refractivity contribution in [3.8, 4) is 5.75 Å². The molecule has 0 fully saturated rings. The van der Waals surface area contributed by atoms with Crippen LogP contribution in [0.1, 0.15) is 35.8 Å². The molecule has 1 aliphatic heterocycles. The minimum atomic E-state index is -4.00. The minimum Gasteiger partial charge on any atom is -0.494 e. The Morgan fingerprint density at radius 2 is 1.81 bits per heavy atom. The molecular formula is C19H20N2O5S. The number of rotatable bonds is 6. The zero-order valence-corrected chi connectivity index (χ0v) is 15.8. The highest BCUT2D eigenvalue weighted by Gasteiger charge is 2.41. The lowest BCUT2D eigenvalue weighted by Gasteiger charge is -2.18. The van der Waals surface area contributed by atoms with Crippen LogP contribution >= 0.6 is 0 Å². The Morgan fingerprint density at radius 3 is 2.44 bits per heavy atom. The average Bonchev–Trinajstić information content (AvgIpc) is 2.84. The van der Waals surface area contributed by atoms with Gasteiger partial charge < -0.3 is 10.1 Å². The van der Waals surface area contributed by atoms with Crippen molar-refractivity contribution >= 4 is 21.8 Å². The molecule has 0 saturated heterocycles. The predicted molar refractivity (Wildman–Crippen MR) is 98.8 cm³/mol. The van der Waals surface area contributed by atoms with E-state index in [0.717, 1.165) is 11.3 Å². The van der Waals surface area contributed by atoms with Crippen molar-refractivity contribution in [2.24, 2.45) is 0 Å². The molecule has 142 valence electrons. The molecule has 0 spiro atoms. The van der Waals surface area contributed by atoms with Gasteiger partial charge in [-0.15, -0.1) is 0 Å². The predicted octanol–water partition coefficient (Wildman–Crippen LogP) is 2.11. The Labute approximate surface area is 158 Å². The van der Waals surface area contributed by atoms with Gasteiger partial charge in [-0.2, -0.15) is 0 Å². The summed E-state index contributed by atoms with van der Waals surface area (Å²) >= 11 is 0. The first-order chi connectivity index (χ1) is 12.8. The highest BCUT2D eigenvalue weighted by Crippen LogP contribution is 2.29. The van der Waals surface area contributed by atoms with E-state index in [-0.39, 0.29) is 16.5 Å². The van der Waals surface area contributed by atoms with Crippen molar-refractivity contribution in [3.05, 3.63) is 59.7 Å². The van der Waals surface area contributed by atoms with E-state index >= 15 is 0 Å². The second-order valence-electron chi connectivity index (χ2n) is 6.10. The molecule has 2 aromatic carbocycles. The number of nitrogens with one attached hydrogen (secondary N) is 1. The third kappa shape index (κ3) is 3.66. The summed E-state index contributed by atoms with van der Waals surface area (Å²) in [5, 5.41) is 2.72. The second-order valence-corrected chi connectivity index (χ2v) is 7.93. The average molecular weight is 388 g/mol. The Hall–Kier alpha value is -2.87. The number of fused-ring (bicyclic) bond motifs is 1. The van der Waals surface area contributed by atoms with E-state index in [0.29, 0.717) is 10.9 Å². The molecule has 7 nitrogen and oxygen atoms in total. The summed E-state index contributed by atoms with van der Waals surface area (Å²) in [6.45, 7) is 3.68. The third-order valence-corrected chi connectivity index (χ3v) is 6.05. The van der Waals surface area contributed by atoms with Gasteiger partial charge in [-0.05, 0) is 43.7 Å². The summed E-state index contributed by atoms with van der Waals surface area (Å²) in [4.78, 5) is 24.6. The van der Waals surface area contributed by atoms with Crippen LogP contribution in [-0.4, -0.2) is 37.7 Å². The highest BCUT2D eigenvalue weighted by molar-refractivity contribution is 7.90. The Morgan fingerprint density at radius 1 is 1.15 bits per heavy atom. The number of carbonyl (C=O) groups excluding carboxylic acids is 2. The number of ether oxygens (including phenoxy) is 1. The van der Waals surface area contributed by atoms with E-state index in [1.807, 2.05) is 19.1 Å². The Balaban J connectivity index is 1.68. The Bertz CT molecular complexity index is 970. The van der Waals surface area contributed by atoms with Crippen LogP contribution in [0.3, 0.4) is 0 Å². The van der Waals surface area contributed by atoms with Gasteiger partial charge in [0.15, 0.2) is 0 Å². The number of hydrogen-bond acceptors (Lipinski definition) is 5. The summed E-state index contributed by atoms with van der Waals surface area (Å²) in [6, 6.07) is 12.8. The van der Waals surface area contributed by atoms with Gasteiger partial charge in [0.1, 0.15) is 17.2 Å². The summed E-state index contributed by atoms with van der Waals surface area (Å²) in [7, 11) is -4.00. The molecule has 1 heterocycles. The number of nitrogens with zero attached hydrogens (tertiary/aromatic N) is 1. The van der Waals surface area contributed by atoms with Gasteiger partial charge in [0.25, 0.3) is 15.9 Å². The number of hydrogen-bond donors (Lipinski definition) is 1. The maximum Gasteiger partial charge on any atom is 0.269 e. The first kappa shape index (κ1) is 18.9. The van der Waals surface area contributed by atoms with Crippen LogP contribution in [-0.2, 0) is 14.8 Å². The van der Waals surface area contributed by atoms with Crippen molar-refractivity contribution in [1.82, 2.24) is 9.62 Å². The van der Waals surface area contributed by atoms with E-state index in [9.17, 15) is 18.0 Å². The SMILES string of the molecule is CCOc1ccc([C@@H](C)NC(=O)CN2C(=O)c3ccccc3S2(=O)=O)cc1. The maximum atomic E-state index is 12.5.